The molecule has 2 rings (SSSR count). The number of carbonyl (C=O) groups is 1. The van der Waals surface area contributed by atoms with Crippen LogP contribution in [0.5, 0.6) is 0 Å². The van der Waals surface area contributed by atoms with E-state index in [-0.39, 0.29) is 0 Å². The van der Waals surface area contributed by atoms with Crippen LogP contribution in [0.4, 0.5) is 0 Å². The van der Waals surface area contributed by atoms with Crippen LogP contribution in [0.1, 0.15) is 36.5 Å². The van der Waals surface area contributed by atoms with Gasteiger partial charge in [0.2, 0.25) is 0 Å². The summed E-state index contributed by atoms with van der Waals surface area (Å²) in [5, 5.41) is 0. The van der Waals surface area contributed by atoms with Gasteiger partial charge >= 0.3 is 0 Å². The minimum absolute atomic E-state index is 0.303. The molecule has 15 heavy (non-hydrogen) atoms. The van der Waals surface area contributed by atoms with Crippen molar-refractivity contribution in [2.24, 2.45) is 0 Å². The van der Waals surface area contributed by atoms with Crippen molar-refractivity contribution in [3.63, 3.8) is 0 Å². The van der Waals surface area contributed by atoms with Gasteiger partial charge in [-0.15, -0.1) is 0 Å². The third-order valence-corrected chi connectivity index (χ3v) is 2.94. The maximum absolute atomic E-state index is 11.7. The van der Waals surface area contributed by atoms with Crippen molar-refractivity contribution in [2.75, 3.05) is 0 Å². The van der Waals surface area contributed by atoms with Crippen LogP contribution in [0.25, 0.3) is 5.57 Å². The average molecular weight is 200 g/mol. The second-order valence-electron chi connectivity index (χ2n) is 4.45. The number of hydrogen-bond donors (Lipinski definition) is 0. The van der Waals surface area contributed by atoms with E-state index in [2.05, 4.69) is 39.0 Å². The van der Waals surface area contributed by atoms with E-state index in [9.17, 15) is 4.79 Å². The van der Waals surface area contributed by atoms with Crippen molar-refractivity contribution in [1.29, 1.82) is 0 Å². The second kappa shape index (κ2) is 3.65. The first-order chi connectivity index (χ1) is 7.08. The Bertz CT molecular complexity index is 432. The van der Waals surface area contributed by atoms with Gasteiger partial charge in [-0.25, -0.2) is 0 Å². The summed E-state index contributed by atoms with van der Waals surface area (Å²) in [5.41, 5.74) is 5.76. The molecule has 1 nitrogen and oxygen atoms in total. The highest BCUT2D eigenvalue weighted by Gasteiger charge is 2.21. The predicted octanol–water partition coefficient (Wildman–Crippen LogP) is 3.44. The van der Waals surface area contributed by atoms with E-state index in [1.807, 2.05) is 0 Å². The van der Waals surface area contributed by atoms with E-state index >= 15 is 0 Å². The maximum Gasteiger partial charge on any atom is 0.163 e. The quantitative estimate of drug-likeness (QED) is 0.678. The zero-order valence-corrected chi connectivity index (χ0v) is 9.55. The zero-order valence-electron chi connectivity index (χ0n) is 9.55. The molecule has 0 N–H and O–H groups in total. The van der Waals surface area contributed by atoms with Gasteiger partial charge in [-0.3, -0.25) is 4.79 Å². The first-order valence-electron chi connectivity index (χ1n) is 5.39. The number of carbonyl (C=O) groups excluding carboxylic acids is 1. The van der Waals surface area contributed by atoms with Crippen molar-refractivity contribution < 1.29 is 4.79 Å². The van der Waals surface area contributed by atoms with Gasteiger partial charge in [0, 0.05) is 12.0 Å². The second-order valence-corrected chi connectivity index (χ2v) is 4.45. The molecule has 1 aliphatic rings. The monoisotopic (exact) mass is 200 g/mol. The summed E-state index contributed by atoms with van der Waals surface area (Å²) in [6.07, 6.45) is 1.62. The van der Waals surface area contributed by atoms with Crippen LogP contribution < -0.4 is 0 Å². The van der Waals surface area contributed by atoms with Gasteiger partial charge in [0.1, 0.15) is 0 Å². The first kappa shape index (κ1) is 10.2. The van der Waals surface area contributed by atoms with Crippen molar-refractivity contribution in [1.82, 2.24) is 0 Å². The number of aryl methyl sites for hydroxylation is 2. The molecule has 1 heteroatoms. The molecular weight excluding hydrogens is 184 g/mol. The van der Waals surface area contributed by atoms with E-state index in [1.165, 1.54) is 16.7 Å². The summed E-state index contributed by atoms with van der Waals surface area (Å²) in [5.74, 6) is 0.303. The number of hydrogen-bond acceptors (Lipinski definition) is 1. The van der Waals surface area contributed by atoms with Crippen molar-refractivity contribution in [3.05, 3.63) is 40.5 Å². The lowest BCUT2D eigenvalue weighted by Gasteiger charge is -2.06. The zero-order chi connectivity index (χ0) is 11.0. The molecular formula is C14H16O. The van der Waals surface area contributed by atoms with Gasteiger partial charge in [-0.05, 0) is 32.8 Å². The third kappa shape index (κ3) is 1.87. The van der Waals surface area contributed by atoms with E-state index < -0.39 is 0 Å². The molecule has 0 aliphatic heterocycles. The smallest absolute Gasteiger partial charge is 0.163 e. The topological polar surface area (TPSA) is 17.1 Å². The molecule has 0 heterocycles. The molecule has 0 radical (unpaired) electrons. The van der Waals surface area contributed by atoms with Crippen molar-refractivity contribution in [2.45, 2.75) is 33.6 Å². The Morgan fingerprint density at radius 1 is 0.933 bits per heavy atom. The highest BCUT2D eigenvalue weighted by atomic mass is 16.1. The molecule has 0 saturated heterocycles. The summed E-state index contributed by atoms with van der Waals surface area (Å²) in [6.45, 7) is 6.22. The van der Waals surface area contributed by atoms with Crippen LogP contribution in [-0.2, 0) is 4.79 Å². The normalized spacial score (nSPS) is 16.3. The Morgan fingerprint density at radius 3 is 2.00 bits per heavy atom. The van der Waals surface area contributed by atoms with E-state index in [1.54, 1.807) is 0 Å². The lowest BCUT2D eigenvalue weighted by molar-refractivity contribution is -0.113. The Kier molecular flexibility index (Phi) is 2.47. The third-order valence-electron chi connectivity index (χ3n) is 2.94. The molecule has 0 atom stereocenters. The summed E-state index contributed by atoms with van der Waals surface area (Å²) < 4.78 is 0. The highest BCUT2D eigenvalue weighted by molar-refractivity contribution is 6.23. The molecule has 0 spiro atoms. The summed E-state index contributed by atoms with van der Waals surface area (Å²) in [4.78, 5) is 11.7. The Labute approximate surface area is 90.8 Å². The Balaban J connectivity index is 2.54. The Hall–Kier alpha value is -1.37. The molecule has 0 bridgehead atoms. The summed E-state index contributed by atoms with van der Waals surface area (Å²) in [6, 6.07) is 6.35. The van der Waals surface area contributed by atoms with E-state index in [0.29, 0.717) is 12.2 Å². The molecule has 78 valence electrons. The molecule has 0 amide bonds. The molecule has 0 unspecified atom stereocenters. The number of ketones is 1. The number of benzene rings is 1. The van der Waals surface area contributed by atoms with E-state index in [4.69, 9.17) is 0 Å². The van der Waals surface area contributed by atoms with Gasteiger partial charge in [-0.2, -0.15) is 0 Å². The number of Topliss-reactive ketones (excluding diaryl/α,β-unsaturated/α-hetero) is 1. The Morgan fingerprint density at radius 2 is 1.53 bits per heavy atom. The average Bonchev–Trinajstić information content (AvgIpc) is 2.44. The fraction of sp³-hybridized carbons (Fsp3) is 0.357. The van der Waals surface area contributed by atoms with Crippen molar-refractivity contribution in [3.8, 4) is 0 Å². The minimum atomic E-state index is 0.303. The van der Waals surface area contributed by atoms with Gasteiger partial charge in [0.05, 0.1) is 0 Å². The van der Waals surface area contributed by atoms with E-state index in [0.717, 1.165) is 17.6 Å². The van der Waals surface area contributed by atoms with Crippen LogP contribution in [0, 0.1) is 13.8 Å². The van der Waals surface area contributed by atoms with Crippen LogP contribution in [-0.4, -0.2) is 5.78 Å². The van der Waals surface area contributed by atoms with Crippen LogP contribution in [0.15, 0.2) is 23.8 Å². The van der Waals surface area contributed by atoms with Gasteiger partial charge in [-0.1, -0.05) is 34.9 Å². The van der Waals surface area contributed by atoms with Crippen LogP contribution in [0.3, 0.4) is 0 Å². The molecule has 1 aromatic carbocycles. The van der Waals surface area contributed by atoms with Crippen LogP contribution in [0.2, 0.25) is 0 Å². The largest absolute Gasteiger partial charge is 0.294 e. The predicted molar refractivity (Wildman–Crippen MR) is 62.8 cm³/mol. The van der Waals surface area contributed by atoms with Gasteiger partial charge in [0.15, 0.2) is 5.78 Å². The maximum atomic E-state index is 11.7. The van der Waals surface area contributed by atoms with Gasteiger partial charge < -0.3 is 0 Å². The minimum Gasteiger partial charge on any atom is -0.294 e. The fourth-order valence-corrected chi connectivity index (χ4v) is 2.32. The standard InChI is InChI=1S/C14H16O/c1-9-6-10(2)8-12(7-9)14-11(3)4-5-13(14)15/h6-8H,4-5H2,1-3H3. The van der Waals surface area contributed by atoms with Crippen LogP contribution >= 0.6 is 0 Å². The number of rotatable bonds is 1. The molecule has 1 aliphatic carbocycles. The number of allylic oxidation sites excluding steroid dienone is 2. The molecule has 1 aromatic rings. The lowest BCUT2D eigenvalue weighted by Crippen LogP contribution is -1.96. The lowest BCUT2D eigenvalue weighted by atomic mass is 9.98. The summed E-state index contributed by atoms with van der Waals surface area (Å²) >= 11 is 0. The fourth-order valence-electron chi connectivity index (χ4n) is 2.32. The SMILES string of the molecule is CC1=C(c2cc(C)cc(C)c2)C(=O)CC1. The molecule has 0 saturated carbocycles. The molecule has 0 fully saturated rings. The summed E-state index contributed by atoms with van der Waals surface area (Å²) in [7, 11) is 0. The van der Waals surface area contributed by atoms with Crippen molar-refractivity contribution >= 4 is 11.4 Å². The highest BCUT2D eigenvalue weighted by Crippen LogP contribution is 2.31. The van der Waals surface area contributed by atoms with Gasteiger partial charge in [0.25, 0.3) is 0 Å². The molecule has 0 aromatic heterocycles. The first-order valence-corrected chi connectivity index (χ1v) is 5.39.